The summed E-state index contributed by atoms with van der Waals surface area (Å²) in [7, 11) is 1.39. The molecule has 0 spiro atoms. The largest absolute Gasteiger partial charge is 0.468 e. The molecule has 0 aliphatic carbocycles. The van der Waals surface area contributed by atoms with Crippen molar-refractivity contribution in [3.8, 4) is 0 Å². The maximum atomic E-state index is 11.7. The number of aliphatic hydroxyl groups is 1. The Balaban J connectivity index is 2.10. The van der Waals surface area contributed by atoms with Crippen LogP contribution in [0.1, 0.15) is 31.2 Å². The number of aliphatic hydroxyl groups excluding tert-OH is 1. The standard InChI is InChI=1S/C15H21NO3/c1-11(12-7-4-3-5-8-12)14(17)16-10-6-9-13(16)15(18)19-2/h3-5,7-8,11,13-14,17H,6,9-10H2,1-2H3/t11?,13-,14?/m1/s1. The fourth-order valence-electron chi connectivity index (χ4n) is 2.71. The molecule has 1 aliphatic rings. The number of carbonyl (C=O) groups excluding carboxylic acids is 1. The highest BCUT2D eigenvalue weighted by atomic mass is 16.5. The fraction of sp³-hybridized carbons (Fsp3) is 0.533. The minimum Gasteiger partial charge on any atom is -0.468 e. The van der Waals surface area contributed by atoms with Gasteiger partial charge in [-0.3, -0.25) is 9.69 Å². The third kappa shape index (κ3) is 2.96. The van der Waals surface area contributed by atoms with Crippen LogP contribution in [0.25, 0.3) is 0 Å². The van der Waals surface area contributed by atoms with E-state index in [1.54, 1.807) is 0 Å². The lowest BCUT2D eigenvalue weighted by Crippen LogP contribution is -2.45. The number of ether oxygens (including phenoxy) is 1. The number of hydrogen-bond acceptors (Lipinski definition) is 4. The van der Waals surface area contributed by atoms with Gasteiger partial charge in [-0.2, -0.15) is 0 Å². The molecule has 3 atom stereocenters. The van der Waals surface area contributed by atoms with Gasteiger partial charge in [0.1, 0.15) is 12.3 Å². The first kappa shape index (κ1) is 14.0. The topological polar surface area (TPSA) is 49.8 Å². The van der Waals surface area contributed by atoms with Gasteiger partial charge in [0.15, 0.2) is 0 Å². The van der Waals surface area contributed by atoms with Gasteiger partial charge in [0.2, 0.25) is 0 Å². The third-order valence-electron chi connectivity index (χ3n) is 3.88. The van der Waals surface area contributed by atoms with Gasteiger partial charge in [-0.05, 0) is 18.4 Å². The van der Waals surface area contributed by atoms with Gasteiger partial charge in [0, 0.05) is 12.5 Å². The summed E-state index contributed by atoms with van der Waals surface area (Å²) >= 11 is 0. The lowest BCUT2D eigenvalue weighted by atomic mass is 9.98. The van der Waals surface area contributed by atoms with E-state index in [-0.39, 0.29) is 17.9 Å². The van der Waals surface area contributed by atoms with Gasteiger partial charge < -0.3 is 9.84 Å². The smallest absolute Gasteiger partial charge is 0.323 e. The molecule has 0 saturated carbocycles. The van der Waals surface area contributed by atoms with E-state index in [1.165, 1.54) is 7.11 Å². The third-order valence-corrected chi connectivity index (χ3v) is 3.88. The second-order valence-corrected chi connectivity index (χ2v) is 5.03. The van der Waals surface area contributed by atoms with E-state index in [9.17, 15) is 9.90 Å². The molecule has 19 heavy (non-hydrogen) atoms. The van der Waals surface area contributed by atoms with Crippen LogP contribution in [0.15, 0.2) is 30.3 Å². The summed E-state index contributed by atoms with van der Waals surface area (Å²) < 4.78 is 4.81. The summed E-state index contributed by atoms with van der Waals surface area (Å²) in [6, 6.07) is 9.55. The van der Waals surface area contributed by atoms with Crippen molar-refractivity contribution >= 4 is 5.97 Å². The number of rotatable bonds is 4. The van der Waals surface area contributed by atoms with E-state index in [2.05, 4.69) is 0 Å². The van der Waals surface area contributed by atoms with Crippen molar-refractivity contribution in [1.29, 1.82) is 0 Å². The molecule has 0 radical (unpaired) electrons. The highest BCUT2D eigenvalue weighted by Gasteiger charge is 2.37. The zero-order chi connectivity index (χ0) is 13.8. The van der Waals surface area contributed by atoms with Crippen LogP contribution in [0.2, 0.25) is 0 Å². The first-order valence-corrected chi connectivity index (χ1v) is 6.71. The van der Waals surface area contributed by atoms with Crippen LogP contribution in [-0.2, 0) is 9.53 Å². The van der Waals surface area contributed by atoms with Crippen molar-refractivity contribution in [1.82, 2.24) is 4.90 Å². The predicted molar refractivity (Wildman–Crippen MR) is 72.6 cm³/mol. The molecule has 4 nitrogen and oxygen atoms in total. The second kappa shape index (κ2) is 6.17. The minimum absolute atomic E-state index is 0.0357. The van der Waals surface area contributed by atoms with Crippen molar-refractivity contribution in [2.75, 3.05) is 13.7 Å². The molecule has 1 aromatic carbocycles. The summed E-state index contributed by atoms with van der Waals surface area (Å²) in [6.45, 7) is 2.71. The number of hydrogen-bond donors (Lipinski definition) is 1. The maximum absolute atomic E-state index is 11.7. The molecule has 4 heteroatoms. The van der Waals surface area contributed by atoms with E-state index in [0.717, 1.165) is 24.9 Å². The van der Waals surface area contributed by atoms with E-state index in [0.29, 0.717) is 0 Å². The van der Waals surface area contributed by atoms with Gasteiger partial charge in [-0.25, -0.2) is 0 Å². The monoisotopic (exact) mass is 263 g/mol. The number of benzene rings is 1. The highest BCUT2D eigenvalue weighted by Crippen LogP contribution is 2.28. The molecule has 2 unspecified atom stereocenters. The Morgan fingerprint density at radius 3 is 2.74 bits per heavy atom. The zero-order valence-electron chi connectivity index (χ0n) is 11.5. The van der Waals surface area contributed by atoms with Crippen molar-refractivity contribution in [2.45, 2.75) is 38.0 Å². The Labute approximate surface area is 114 Å². The Kier molecular flexibility index (Phi) is 4.56. The molecule has 0 amide bonds. The van der Waals surface area contributed by atoms with Crippen molar-refractivity contribution in [3.63, 3.8) is 0 Å². The van der Waals surface area contributed by atoms with Crippen LogP contribution in [0.4, 0.5) is 0 Å². The first-order chi connectivity index (χ1) is 9.15. The number of likely N-dealkylation sites (tertiary alicyclic amines) is 1. The Morgan fingerprint density at radius 1 is 1.42 bits per heavy atom. The summed E-state index contributed by atoms with van der Waals surface area (Å²) in [5.41, 5.74) is 1.07. The van der Waals surface area contributed by atoms with Gasteiger partial charge in [0.05, 0.1) is 7.11 Å². The van der Waals surface area contributed by atoms with Crippen molar-refractivity contribution < 1.29 is 14.6 Å². The normalized spacial score (nSPS) is 23.0. The average Bonchev–Trinajstić information content (AvgIpc) is 2.95. The van der Waals surface area contributed by atoms with Crippen molar-refractivity contribution in [3.05, 3.63) is 35.9 Å². The minimum atomic E-state index is -0.658. The SMILES string of the molecule is COC(=O)[C@H]1CCCN1C(O)C(C)c1ccccc1. The van der Waals surface area contributed by atoms with Gasteiger partial charge in [-0.15, -0.1) is 0 Å². The molecule has 0 bridgehead atoms. The number of nitrogens with zero attached hydrogens (tertiary/aromatic N) is 1. The van der Waals surface area contributed by atoms with E-state index >= 15 is 0 Å². The molecule has 104 valence electrons. The maximum Gasteiger partial charge on any atom is 0.323 e. The van der Waals surface area contributed by atoms with Crippen LogP contribution < -0.4 is 0 Å². The summed E-state index contributed by atoms with van der Waals surface area (Å²) in [5, 5.41) is 10.5. The van der Waals surface area contributed by atoms with Crippen LogP contribution in [0.5, 0.6) is 0 Å². The van der Waals surface area contributed by atoms with Crippen LogP contribution in [0.3, 0.4) is 0 Å². The average molecular weight is 263 g/mol. The molecule has 1 heterocycles. The van der Waals surface area contributed by atoms with Crippen LogP contribution in [-0.4, -0.2) is 41.9 Å². The molecule has 0 aromatic heterocycles. The number of esters is 1. The molecule has 1 fully saturated rings. The Hall–Kier alpha value is -1.39. The molecule has 1 saturated heterocycles. The van der Waals surface area contributed by atoms with Gasteiger partial charge >= 0.3 is 5.97 Å². The van der Waals surface area contributed by atoms with Crippen LogP contribution >= 0.6 is 0 Å². The molecule has 2 rings (SSSR count). The fourth-order valence-corrected chi connectivity index (χ4v) is 2.71. The first-order valence-electron chi connectivity index (χ1n) is 6.71. The Morgan fingerprint density at radius 2 is 2.11 bits per heavy atom. The summed E-state index contributed by atoms with van der Waals surface area (Å²) in [5.74, 6) is -0.289. The predicted octanol–water partition coefficient (Wildman–Crippen LogP) is 1.75. The van der Waals surface area contributed by atoms with Gasteiger partial charge in [0.25, 0.3) is 0 Å². The second-order valence-electron chi connectivity index (χ2n) is 5.03. The van der Waals surface area contributed by atoms with E-state index < -0.39 is 6.23 Å². The summed E-state index contributed by atoms with van der Waals surface area (Å²) in [4.78, 5) is 13.6. The zero-order valence-corrected chi connectivity index (χ0v) is 11.5. The number of methoxy groups -OCH3 is 1. The number of carbonyl (C=O) groups is 1. The van der Waals surface area contributed by atoms with Gasteiger partial charge in [-0.1, -0.05) is 37.3 Å². The van der Waals surface area contributed by atoms with Crippen LogP contribution in [0, 0.1) is 0 Å². The molecule has 1 N–H and O–H groups in total. The highest BCUT2D eigenvalue weighted by molar-refractivity contribution is 5.76. The Bertz CT molecular complexity index is 421. The molecular formula is C15H21NO3. The lowest BCUT2D eigenvalue weighted by Gasteiger charge is -2.32. The summed E-state index contributed by atoms with van der Waals surface area (Å²) in [6.07, 6.45) is 1.01. The molecule has 1 aromatic rings. The van der Waals surface area contributed by atoms with E-state index in [4.69, 9.17) is 4.74 Å². The lowest BCUT2D eigenvalue weighted by molar-refractivity contribution is -0.150. The van der Waals surface area contributed by atoms with Crippen molar-refractivity contribution in [2.24, 2.45) is 0 Å². The molecular weight excluding hydrogens is 242 g/mol. The quantitative estimate of drug-likeness (QED) is 0.841. The molecule has 1 aliphatic heterocycles. The van der Waals surface area contributed by atoms with E-state index in [1.807, 2.05) is 42.2 Å².